The third kappa shape index (κ3) is 1.98. The fourth-order valence-electron chi connectivity index (χ4n) is 1.90. The van der Waals surface area contributed by atoms with Gasteiger partial charge in [0.25, 0.3) is 0 Å². The number of aryl methyl sites for hydroxylation is 1. The average Bonchev–Trinajstić information content (AvgIpc) is 2.91. The Morgan fingerprint density at radius 2 is 2.05 bits per heavy atom. The van der Waals surface area contributed by atoms with Gasteiger partial charge in [0.2, 0.25) is 4.96 Å². The van der Waals surface area contributed by atoms with Crippen LogP contribution in [0.1, 0.15) is 31.2 Å². The molecule has 98 valence electrons. The second-order valence-corrected chi connectivity index (χ2v) is 5.77. The Kier molecular flexibility index (Phi) is 2.74. The summed E-state index contributed by atoms with van der Waals surface area (Å²) in [5.74, 6) is 1.45. The van der Waals surface area contributed by atoms with E-state index in [1.54, 1.807) is 10.6 Å². The molecule has 19 heavy (non-hydrogen) atoms. The van der Waals surface area contributed by atoms with Crippen LogP contribution in [-0.2, 0) is 0 Å². The summed E-state index contributed by atoms with van der Waals surface area (Å²) in [7, 11) is 0. The van der Waals surface area contributed by atoms with Crippen molar-refractivity contribution in [3.05, 3.63) is 29.6 Å². The quantitative estimate of drug-likeness (QED) is 0.780. The number of hydrogen-bond donors (Lipinski definition) is 1. The van der Waals surface area contributed by atoms with Crippen molar-refractivity contribution in [3.63, 3.8) is 0 Å². The number of phenols is 1. The van der Waals surface area contributed by atoms with Gasteiger partial charge in [-0.25, -0.2) is 0 Å². The van der Waals surface area contributed by atoms with Gasteiger partial charge in [-0.3, -0.25) is 0 Å². The number of rotatable bonds is 2. The fraction of sp³-hybridized carbons (Fsp3) is 0.308. The summed E-state index contributed by atoms with van der Waals surface area (Å²) in [5.41, 5.74) is 1.83. The van der Waals surface area contributed by atoms with Crippen LogP contribution >= 0.6 is 11.3 Å². The van der Waals surface area contributed by atoms with Gasteiger partial charge in [-0.1, -0.05) is 25.2 Å². The van der Waals surface area contributed by atoms with Crippen molar-refractivity contribution in [2.45, 2.75) is 26.7 Å². The van der Waals surface area contributed by atoms with Crippen molar-refractivity contribution in [2.24, 2.45) is 0 Å². The van der Waals surface area contributed by atoms with Gasteiger partial charge in [0.05, 0.1) is 0 Å². The van der Waals surface area contributed by atoms with E-state index in [2.05, 4.69) is 29.1 Å². The largest absolute Gasteiger partial charge is 0.508 e. The highest BCUT2D eigenvalue weighted by atomic mass is 32.1. The van der Waals surface area contributed by atoms with Crippen LogP contribution in [0.2, 0.25) is 0 Å². The lowest BCUT2D eigenvalue weighted by atomic mass is 10.1. The summed E-state index contributed by atoms with van der Waals surface area (Å²) < 4.78 is 1.80. The minimum absolute atomic E-state index is 0.284. The first-order valence-corrected chi connectivity index (χ1v) is 6.90. The Morgan fingerprint density at radius 3 is 2.74 bits per heavy atom. The second-order valence-electron chi connectivity index (χ2n) is 4.82. The van der Waals surface area contributed by atoms with Gasteiger partial charge in [-0.2, -0.15) is 9.61 Å². The molecule has 2 aromatic heterocycles. The zero-order valence-corrected chi connectivity index (χ0v) is 11.8. The summed E-state index contributed by atoms with van der Waals surface area (Å²) in [6, 6.07) is 5.48. The molecular formula is C13H14N4OS. The van der Waals surface area contributed by atoms with E-state index < -0.39 is 0 Å². The van der Waals surface area contributed by atoms with Crippen LogP contribution in [-0.4, -0.2) is 24.9 Å². The van der Waals surface area contributed by atoms with Crippen molar-refractivity contribution in [1.82, 2.24) is 19.8 Å². The van der Waals surface area contributed by atoms with E-state index in [9.17, 15) is 5.11 Å². The molecule has 1 N–H and O–H groups in total. The molecule has 0 amide bonds. The number of aromatic hydroxyl groups is 1. The van der Waals surface area contributed by atoms with Crippen LogP contribution in [0, 0.1) is 6.92 Å². The second kappa shape index (κ2) is 4.31. The van der Waals surface area contributed by atoms with Gasteiger partial charge in [-0.05, 0) is 30.7 Å². The van der Waals surface area contributed by atoms with Crippen LogP contribution in [0.4, 0.5) is 0 Å². The number of hydrogen-bond acceptors (Lipinski definition) is 5. The van der Waals surface area contributed by atoms with Crippen LogP contribution in [0.15, 0.2) is 18.2 Å². The van der Waals surface area contributed by atoms with E-state index in [-0.39, 0.29) is 5.92 Å². The predicted molar refractivity (Wildman–Crippen MR) is 74.6 cm³/mol. The molecule has 6 heteroatoms. The molecule has 0 radical (unpaired) electrons. The average molecular weight is 274 g/mol. The summed E-state index contributed by atoms with van der Waals surface area (Å²) in [6.07, 6.45) is 0. The van der Waals surface area contributed by atoms with Gasteiger partial charge < -0.3 is 5.11 Å². The fourth-order valence-corrected chi connectivity index (χ4v) is 2.74. The molecule has 5 nitrogen and oxygen atoms in total. The SMILES string of the molecule is Cc1cc(-c2nn3c(C(C)C)nnc3s2)ccc1O. The standard InChI is InChI=1S/C13H14N4OS/c1-7(2)11-14-15-13-17(11)16-12(19-13)9-4-5-10(18)8(3)6-9/h4-7,18H,1-3H3. The van der Waals surface area contributed by atoms with Crippen LogP contribution in [0.3, 0.4) is 0 Å². The smallest absolute Gasteiger partial charge is 0.234 e. The third-order valence-corrected chi connectivity index (χ3v) is 3.92. The zero-order valence-electron chi connectivity index (χ0n) is 11.0. The monoisotopic (exact) mass is 274 g/mol. The molecule has 0 spiro atoms. The number of aromatic nitrogens is 4. The molecule has 0 saturated heterocycles. The molecule has 3 rings (SSSR count). The Bertz CT molecular complexity index is 744. The maximum Gasteiger partial charge on any atom is 0.234 e. The Balaban J connectivity index is 2.12. The Hall–Kier alpha value is -1.95. The number of fused-ring (bicyclic) bond motifs is 1. The molecule has 3 aromatic rings. The van der Waals surface area contributed by atoms with E-state index in [1.807, 2.05) is 19.1 Å². The van der Waals surface area contributed by atoms with Crippen LogP contribution in [0.25, 0.3) is 15.5 Å². The predicted octanol–water partition coefficient (Wildman–Crippen LogP) is 2.99. The molecule has 0 unspecified atom stereocenters. The van der Waals surface area contributed by atoms with Crippen molar-refractivity contribution >= 4 is 16.3 Å². The normalized spacial score (nSPS) is 11.6. The summed E-state index contributed by atoms with van der Waals surface area (Å²) in [6.45, 7) is 6.01. The molecule has 0 aliphatic carbocycles. The van der Waals surface area contributed by atoms with Crippen molar-refractivity contribution in [1.29, 1.82) is 0 Å². The zero-order chi connectivity index (χ0) is 13.6. The Labute approximate surface area is 114 Å². The van der Waals surface area contributed by atoms with E-state index in [1.165, 1.54) is 11.3 Å². The molecule has 1 aromatic carbocycles. The topological polar surface area (TPSA) is 63.3 Å². The van der Waals surface area contributed by atoms with Crippen molar-refractivity contribution in [3.8, 4) is 16.3 Å². The van der Waals surface area contributed by atoms with E-state index in [0.717, 1.165) is 26.9 Å². The highest BCUT2D eigenvalue weighted by Gasteiger charge is 2.15. The van der Waals surface area contributed by atoms with Crippen LogP contribution < -0.4 is 0 Å². The van der Waals surface area contributed by atoms with E-state index in [0.29, 0.717) is 5.75 Å². The molecule has 0 atom stereocenters. The lowest BCUT2D eigenvalue weighted by Gasteiger charge is -2.01. The van der Waals surface area contributed by atoms with Gasteiger partial charge in [-0.15, -0.1) is 10.2 Å². The van der Waals surface area contributed by atoms with Gasteiger partial charge in [0.15, 0.2) is 5.82 Å². The first kappa shape index (κ1) is 12.1. The lowest BCUT2D eigenvalue weighted by Crippen LogP contribution is -1.97. The Morgan fingerprint density at radius 1 is 1.26 bits per heavy atom. The summed E-state index contributed by atoms with van der Waals surface area (Å²) in [4.78, 5) is 0.796. The number of nitrogens with zero attached hydrogens (tertiary/aromatic N) is 4. The molecule has 0 saturated carbocycles. The van der Waals surface area contributed by atoms with Gasteiger partial charge >= 0.3 is 0 Å². The highest BCUT2D eigenvalue weighted by Crippen LogP contribution is 2.29. The van der Waals surface area contributed by atoms with Crippen molar-refractivity contribution < 1.29 is 5.11 Å². The highest BCUT2D eigenvalue weighted by molar-refractivity contribution is 7.19. The molecule has 0 aliphatic rings. The first-order valence-electron chi connectivity index (χ1n) is 6.08. The maximum absolute atomic E-state index is 9.56. The third-order valence-electron chi connectivity index (χ3n) is 2.98. The summed E-state index contributed by atoms with van der Waals surface area (Å²) in [5, 5.41) is 23.3. The first-order chi connectivity index (χ1) is 9.06. The molecule has 0 aliphatic heterocycles. The molecule has 0 bridgehead atoms. The maximum atomic E-state index is 9.56. The molecule has 0 fully saturated rings. The van der Waals surface area contributed by atoms with Gasteiger partial charge in [0.1, 0.15) is 10.8 Å². The molecule has 2 heterocycles. The van der Waals surface area contributed by atoms with Crippen molar-refractivity contribution in [2.75, 3.05) is 0 Å². The molecular weight excluding hydrogens is 260 g/mol. The van der Waals surface area contributed by atoms with E-state index in [4.69, 9.17) is 0 Å². The minimum atomic E-state index is 0.284. The number of phenolic OH excluding ortho intramolecular Hbond substituents is 1. The van der Waals surface area contributed by atoms with E-state index >= 15 is 0 Å². The lowest BCUT2D eigenvalue weighted by molar-refractivity contribution is 0.471. The minimum Gasteiger partial charge on any atom is -0.508 e. The summed E-state index contributed by atoms with van der Waals surface area (Å²) >= 11 is 1.50. The number of benzene rings is 1. The van der Waals surface area contributed by atoms with Gasteiger partial charge in [0, 0.05) is 11.5 Å². The van der Waals surface area contributed by atoms with Crippen LogP contribution in [0.5, 0.6) is 5.75 Å².